The van der Waals surface area contributed by atoms with Gasteiger partial charge >= 0.3 is 29.6 Å². The molecule has 0 saturated heterocycles. The monoisotopic (exact) mass is 462 g/mol. The number of carboxylic acids is 1. The molecule has 0 spiro atoms. The third-order valence-corrected chi connectivity index (χ3v) is 5.44. The summed E-state index contributed by atoms with van der Waals surface area (Å²) in [4.78, 5) is 49.5. The predicted molar refractivity (Wildman–Crippen MR) is 118 cm³/mol. The summed E-state index contributed by atoms with van der Waals surface area (Å²) in [5, 5.41) is 13.9. The van der Waals surface area contributed by atoms with Crippen molar-refractivity contribution in [1.82, 2.24) is 0 Å². The molecule has 0 bridgehead atoms. The molecular formula is C25H15N2NaO6. The van der Waals surface area contributed by atoms with Gasteiger partial charge in [0.1, 0.15) is 11.5 Å². The van der Waals surface area contributed by atoms with Gasteiger partial charge in [-0.1, -0.05) is 24.3 Å². The van der Waals surface area contributed by atoms with Crippen LogP contribution in [0.2, 0.25) is 0 Å². The number of imide groups is 1. The quantitative estimate of drug-likeness (QED) is 0.417. The molecule has 2 aliphatic rings. The summed E-state index contributed by atoms with van der Waals surface area (Å²) in [5.41, 5.74) is 2.56. The Bertz CT molecular complexity index is 1450. The number of carboxylic acid groups (broad SMARTS) is 1. The molecule has 8 nitrogen and oxygen atoms in total. The van der Waals surface area contributed by atoms with Gasteiger partial charge in [0.05, 0.1) is 22.8 Å². The SMILES string of the molecule is CC(=O)N1C(=O)/C(=C/c2ccc(/C=C3/C(=O)Nc4ccc(C(=O)[O-])cc43)o2)c2ccccc21.[Na+]. The molecule has 0 saturated carbocycles. The summed E-state index contributed by atoms with van der Waals surface area (Å²) in [7, 11) is 0. The molecule has 3 aromatic rings. The normalized spacial score (nSPS) is 16.3. The number of nitrogens with one attached hydrogen (secondary N) is 1. The van der Waals surface area contributed by atoms with Crippen molar-refractivity contribution in [2.45, 2.75) is 6.92 Å². The number of furan rings is 1. The first-order valence-corrected chi connectivity index (χ1v) is 9.98. The first kappa shape index (κ1) is 23.4. The van der Waals surface area contributed by atoms with Crippen LogP contribution in [0.3, 0.4) is 0 Å². The maximum Gasteiger partial charge on any atom is 1.00 e. The van der Waals surface area contributed by atoms with Crippen LogP contribution < -0.4 is 44.9 Å². The van der Waals surface area contributed by atoms with E-state index in [0.717, 1.165) is 4.90 Å². The Labute approximate surface area is 215 Å². The largest absolute Gasteiger partial charge is 1.00 e. The Hall–Kier alpha value is -3.72. The third-order valence-electron chi connectivity index (χ3n) is 5.44. The molecule has 0 aliphatic carbocycles. The standard InChI is InChI=1S/C25H16N2O6.Na/c1-13(28)27-22-5-3-2-4-17(22)20(24(27)30)12-16-8-7-15(33-16)11-19-18-10-14(25(31)32)6-9-21(18)26-23(19)29;/h2-12H,1H3,(H,26,29)(H,31,32);/q;+1/p-1/b19-11+,20-12+;. The molecule has 2 aliphatic heterocycles. The average Bonchev–Trinajstić information content (AvgIpc) is 3.43. The van der Waals surface area contributed by atoms with Crippen LogP contribution in [-0.2, 0) is 14.4 Å². The van der Waals surface area contributed by atoms with E-state index in [9.17, 15) is 24.3 Å². The molecule has 5 rings (SSSR count). The number of para-hydroxylation sites is 1. The zero-order valence-electron chi connectivity index (χ0n) is 18.2. The Kier molecular flexibility index (Phi) is 6.14. The maximum absolute atomic E-state index is 12.8. The van der Waals surface area contributed by atoms with E-state index in [-0.39, 0.29) is 46.6 Å². The minimum atomic E-state index is -1.34. The summed E-state index contributed by atoms with van der Waals surface area (Å²) in [6, 6.07) is 14.5. The molecule has 3 amide bonds. The first-order chi connectivity index (χ1) is 15.8. The minimum Gasteiger partial charge on any atom is -0.545 e. The number of amides is 3. The summed E-state index contributed by atoms with van der Waals surface area (Å²) in [5.74, 6) is -1.88. The van der Waals surface area contributed by atoms with Gasteiger partial charge in [0.15, 0.2) is 0 Å². The fourth-order valence-corrected chi connectivity index (χ4v) is 3.96. The zero-order chi connectivity index (χ0) is 23.3. The second kappa shape index (κ2) is 8.90. The van der Waals surface area contributed by atoms with Crippen molar-refractivity contribution < 1.29 is 58.3 Å². The van der Waals surface area contributed by atoms with Crippen LogP contribution in [0.5, 0.6) is 0 Å². The third kappa shape index (κ3) is 3.92. The van der Waals surface area contributed by atoms with Crippen molar-refractivity contribution in [2.24, 2.45) is 0 Å². The fraction of sp³-hybridized carbons (Fsp3) is 0.0400. The minimum absolute atomic E-state index is 0. The predicted octanol–water partition coefficient (Wildman–Crippen LogP) is -0.426. The molecule has 1 N–H and O–H groups in total. The van der Waals surface area contributed by atoms with Gasteiger partial charge in [0.25, 0.3) is 11.8 Å². The summed E-state index contributed by atoms with van der Waals surface area (Å²) in [6.07, 6.45) is 3.04. The van der Waals surface area contributed by atoms with Gasteiger partial charge in [-0.3, -0.25) is 14.4 Å². The number of rotatable bonds is 3. The summed E-state index contributed by atoms with van der Waals surface area (Å²) < 4.78 is 5.79. The molecule has 162 valence electrons. The fourth-order valence-electron chi connectivity index (χ4n) is 3.96. The van der Waals surface area contributed by atoms with Crippen molar-refractivity contribution in [2.75, 3.05) is 10.2 Å². The Morgan fingerprint density at radius 2 is 1.62 bits per heavy atom. The number of benzene rings is 2. The molecule has 0 fully saturated rings. The van der Waals surface area contributed by atoms with Crippen LogP contribution in [-0.4, -0.2) is 23.7 Å². The Morgan fingerprint density at radius 1 is 0.941 bits per heavy atom. The van der Waals surface area contributed by atoms with Gasteiger partial charge in [-0.05, 0) is 48.0 Å². The van der Waals surface area contributed by atoms with E-state index in [1.165, 1.54) is 31.2 Å². The number of anilines is 2. The summed E-state index contributed by atoms with van der Waals surface area (Å²) >= 11 is 0. The van der Waals surface area contributed by atoms with Gasteiger partial charge in [0.2, 0.25) is 5.91 Å². The number of nitrogens with zero attached hydrogens (tertiary/aromatic N) is 1. The van der Waals surface area contributed by atoms with Crippen molar-refractivity contribution in [1.29, 1.82) is 0 Å². The van der Waals surface area contributed by atoms with E-state index in [4.69, 9.17) is 4.42 Å². The Balaban J connectivity index is 0.00000274. The number of aromatic carboxylic acids is 1. The second-order valence-corrected chi connectivity index (χ2v) is 7.53. The van der Waals surface area contributed by atoms with Crippen LogP contribution >= 0.6 is 0 Å². The molecule has 34 heavy (non-hydrogen) atoms. The maximum atomic E-state index is 12.8. The smallest absolute Gasteiger partial charge is 0.545 e. The molecule has 1 aromatic heterocycles. The van der Waals surface area contributed by atoms with E-state index < -0.39 is 17.8 Å². The zero-order valence-corrected chi connectivity index (χ0v) is 20.2. The second-order valence-electron chi connectivity index (χ2n) is 7.53. The molecule has 0 atom stereocenters. The van der Waals surface area contributed by atoms with E-state index >= 15 is 0 Å². The molecule has 3 heterocycles. The van der Waals surface area contributed by atoms with Crippen molar-refractivity contribution in [3.63, 3.8) is 0 Å². The number of hydrogen-bond acceptors (Lipinski definition) is 6. The van der Waals surface area contributed by atoms with Crippen molar-refractivity contribution in [3.8, 4) is 0 Å². The number of hydrogen-bond donors (Lipinski definition) is 1. The van der Waals surface area contributed by atoms with Crippen LogP contribution in [0.4, 0.5) is 11.4 Å². The molecule has 0 unspecified atom stereocenters. The van der Waals surface area contributed by atoms with E-state index in [1.807, 2.05) is 0 Å². The topological polar surface area (TPSA) is 120 Å². The van der Waals surface area contributed by atoms with Crippen LogP contribution in [0.1, 0.15) is 39.9 Å². The van der Waals surface area contributed by atoms with Crippen molar-refractivity contribution in [3.05, 3.63) is 82.8 Å². The van der Waals surface area contributed by atoms with Gasteiger partial charge in [-0.2, -0.15) is 0 Å². The number of carbonyl (C=O) groups excluding carboxylic acids is 4. The van der Waals surface area contributed by atoms with Gasteiger partial charge in [0, 0.05) is 23.7 Å². The first-order valence-electron chi connectivity index (χ1n) is 9.98. The van der Waals surface area contributed by atoms with Gasteiger partial charge in [-0.25, -0.2) is 4.90 Å². The Morgan fingerprint density at radius 3 is 2.29 bits per heavy atom. The van der Waals surface area contributed by atoms with E-state index in [1.54, 1.807) is 42.5 Å². The van der Waals surface area contributed by atoms with Gasteiger partial charge in [-0.15, -0.1) is 0 Å². The molecule has 0 radical (unpaired) electrons. The molecule has 2 aromatic carbocycles. The summed E-state index contributed by atoms with van der Waals surface area (Å²) in [6.45, 7) is 1.32. The van der Waals surface area contributed by atoms with Crippen LogP contribution in [0.25, 0.3) is 23.3 Å². The van der Waals surface area contributed by atoms with E-state index in [0.29, 0.717) is 39.6 Å². The number of carbonyl (C=O) groups is 4. The van der Waals surface area contributed by atoms with E-state index in [2.05, 4.69) is 5.32 Å². The number of fused-ring (bicyclic) bond motifs is 2. The molecular weight excluding hydrogens is 447 g/mol. The molecule has 9 heteroatoms. The average molecular weight is 462 g/mol. The van der Waals surface area contributed by atoms with Crippen molar-refractivity contribution >= 4 is 58.4 Å². The van der Waals surface area contributed by atoms with Crippen LogP contribution in [0, 0.1) is 0 Å². The van der Waals surface area contributed by atoms with Crippen LogP contribution in [0.15, 0.2) is 59.0 Å². The van der Waals surface area contributed by atoms with Gasteiger partial charge < -0.3 is 19.6 Å².